The lowest BCUT2D eigenvalue weighted by Crippen LogP contribution is -1.99. The average molecular weight is 192 g/mol. The summed E-state index contributed by atoms with van der Waals surface area (Å²) in [4.78, 5) is 0. The van der Waals surface area contributed by atoms with Crippen LogP contribution in [0.25, 0.3) is 0 Å². The Bertz CT molecular complexity index is 287. The molecule has 13 heavy (non-hydrogen) atoms. The van der Waals surface area contributed by atoms with E-state index >= 15 is 0 Å². The minimum atomic E-state index is 1.06. The first kappa shape index (κ1) is 8.63. The smallest absolute Gasteiger partial charge is 0.0561 e. The molecule has 1 heterocycles. The van der Waals surface area contributed by atoms with Gasteiger partial charge in [0.25, 0.3) is 0 Å². The minimum absolute atomic E-state index is 1.06. The van der Waals surface area contributed by atoms with Crippen molar-refractivity contribution < 1.29 is 0 Å². The molecule has 1 N–H and O–H groups in total. The van der Waals surface area contributed by atoms with Crippen LogP contribution in [0.2, 0.25) is 0 Å². The molecule has 0 saturated carbocycles. The first-order valence-corrected chi connectivity index (χ1v) is 5.55. The molecule has 0 spiro atoms. The Hall–Kier alpha value is -0.960. The van der Waals surface area contributed by atoms with E-state index in [4.69, 9.17) is 0 Å². The summed E-state index contributed by atoms with van der Waals surface area (Å²) in [5.74, 6) is 2.30. The number of hydrazone groups is 1. The molecule has 3 heteroatoms. The van der Waals surface area contributed by atoms with Crippen LogP contribution in [-0.4, -0.2) is 17.2 Å². The van der Waals surface area contributed by atoms with Crippen LogP contribution < -0.4 is 5.43 Å². The maximum Gasteiger partial charge on any atom is 0.0561 e. The number of rotatable bonds is 2. The number of nitrogens with zero attached hydrogens (tertiary/aromatic N) is 1. The van der Waals surface area contributed by atoms with Crippen LogP contribution >= 0.6 is 11.8 Å². The highest BCUT2D eigenvalue weighted by molar-refractivity contribution is 8.00. The summed E-state index contributed by atoms with van der Waals surface area (Å²) in [5, 5.41) is 4.34. The van der Waals surface area contributed by atoms with E-state index in [1.54, 1.807) is 0 Å². The molecule has 2 nitrogen and oxygen atoms in total. The number of benzene rings is 1. The van der Waals surface area contributed by atoms with Crippen LogP contribution in [0.4, 0.5) is 5.69 Å². The second kappa shape index (κ2) is 4.33. The lowest BCUT2D eigenvalue weighted by molar-refractivity contribution is 1.25. The zero-order valence-corrected chi connectivity index (χ0v) is 8.18. The van der Waals surface area contributed by atoms with Crippen LogP contribution in [0.1, 0.15) is 6.42 Å². The van der Waals surface area contributed by atoms with Gasteiger partial charge in [-0.05, 0) is 24.3 Å². The third-order valence-corrected chi connectivity index (χ3v) is 2.95. The standard InChI is InChI=1S/C10H12N2S/c1-2-4-9(5-3-1)11-12-10-6-7-13-8-10/h1-5,11H,6-8H2/b12-10-. The van der Waals surface area contributed by atoms with Gasteiger partial charge >= 0.3 is 0 Å². The SMILES string of the molecule is c1ccc(N/N=C2/CCSC2)cc1. The van der Waals surface area contributed by atoms with E-state index in [0.29, 0.717) is 0 Å². The number of hydrogen-bond donors (Lipinski definition) is 1. The molecule has 1 fully saturated rings. The first-order chi connectivity index (χ1) is 6.45. The molecule has 0 atom stereocenters. The van der Waals surface area contributed by atoms with Gasteiger partial charge in [0.15, 0.2) is 0 Å². The predicted octanol–water partition coefficient (Wildman–Crippen LogP) is 2.59. The van der Waals surface area contributed by atoms with Crippen molar-refractivity contribution in [2.75, 3.05) is 16.9 Å². The lowest BCUT2D eigenvalue weighted by Gasteiger charge is -1.99. The van der Waals surface area contributed by atoms with Gasteiger partial charge in [-0.2, -0.15) is 16.9 Å². The normalized spacial score (nSPS) is 19.2. The first-order valence-electron chi connectivity index (χ1n) is 4.39. The summed E-state index contributed by atoms with van der Waals surface area (Å²) in [6, 6.07) is 10.1. The Morgan fingerprint density at radius 2 is 2.08 bits per heavy atom. The summed E-state index contributed by atoms with van der Waals surface area (Å²) in [6.45, 7) is 0. The molecule has 68 valence electrons. The molecule has 0 radical (unpaired) electrons. The molecule has 1 saturated heterocycles. The highest BCUT2D eigenvalue weighted by Gasteiger charge is 2.07. The Kier molecular flexibility index (Phi) is 2.87. The van der Waals surface area contributed by atoms with Crippen molar-refractivity contribution in [3.05, 3.63) is 30.3 Å². The average Bonchev–Trinajstić information content (AvgIpc) is 2.69. The van der Waals surface area contributed by atoms with E-state index in [-0.39, 0.29) is 0 Å². The van der Waals surface area contributed by atoms with Crippen molar-refractivity contribution in [3.63, 3.8) is 0 Å². The van der Waals surface area contributed by atoms with E-state index < -0.39 is 0 Å². The molecule has 0 aromatic heterocycles. The Balaban J connectivity index is 1.95. The zero-order chi connectivity index (χ0) is 8.93. The maximum absolute atomic E-state index is 4.34. The van der Waals surface area contributed by atoms with Crippen molar-refractivity contribution in [1.82, 2.24) is 0 Å². The number of para-hydroxylation sites is 1. The highest BCUT2D eigenvalue weighted by atomic mass is 32.2. The van der Waals surface area contributed by atoms with Crippen LogP contribution in [0.3, 0.4) is 0 Å². The molecular formula is C10H12N2S. The molecule has 1 aromatic carbocycles. The van der Waals surface area contributed by atoms with Crippen LogP contribution in [0, 0.1) is 0 Å². The fraction of sp³-hybridized carbons (Fsp3) is 0.300. The third kappa shape index (κ3) is 2.49. The topological polar surface area (TPSA) is 24.4 Å². The van der Waals surface area contributed by atoms with Gasteiger partial charge in [0.05, 0.1) is 5.69 Å². The van der Waals surface area contributed by atoms with Crippen molar-refractivity contribution >= 4 is 23.2 Å². The fourth-order valence-corrected chi connectivity index (χ4v) is 2.17. The van der Waals surface area contributed by atoms with E-state index in [1.807, 2.05) is 42.1 Å². The lowest BCUT2D eigenvalue weighted by atomic mass is 10.3. The van der Waals surface area contributed by atoms with Gasteiger partial charge in [0, 0.05) is 11.5 Å². The van der Waals surface area contributed by atoms with E-state index in [9.17, 15) is 0 Å². The number of hydrogen-bond acceptors (Lipinski definition) is 3. The van der Waals surface area contributed by atoms with Crippen molar-refractivity contribution in [3.8, 4) is 0 Å². The van der Waals surface area contributed by atoms with Crippen molar-refractivity contribution in [2.45, 2.75) is 6.42 Å². The summed E-state index contributed by atoms with van der Waals surface area (Å²) < 4.78 is 0. The summed E-state index contributed by atoms with van der Waals surface area (Å²) in [7, 11) is 0. The maximum atomic E-state index is 4.34. The van der Waals surface area contributed by atoms with Crippen LogP contribution in [0.5, 0.6) is 0 Å². The van der Waals surface area contributed by atoms with Crippen molar-refractivity contribution in [1.29, 1.82) is 0 Å². The van der Waals surface area contributed by atoms with Gasteiger partial charge < -0.3 is 0 Å². The Morgan fingerprint density at radius 3 is 2.77 bits per heavy atom. The summed E-state index contributed by atoms with van der Waals surface area (Å²) in [6.07, 6.45) is 1.13. The van der Waals surface area contributed by atoms with Gasteiger partial charge in [-0.25, -0.2) is 0 Å². The molecule has 1 aromatic rings. The summed E-state index contributed by atoms with van der Waals surface area (Å²) in [5.41, 5.74) is 5.40. The second-order valence-corrected chi connectivity index (χ2v) is 4.06. The Morgan fingerprint density at radius 1 is 1.23 bits per heavy atom. The predicted molar refractivity (Wildman–Crippen MR) is 59.4 cm³/mol. The number of nitrogens with one attached hydrogen (secondary N) is 1. The van der Waals surface area contributed by atoms with Gasteiger partial charge in [0.2, 0.25) is 0 Å². The highest BCUT2D eigenvalue weighted by Crippen LogP contribution is 2.14. The van der Waals surface area contributed by atoms with Crippen LogP contribution in [0.15, 0.2) is 35.4 Å². The monoisotopic (exact) mass is 192 g/mol. The quantitative estimate of drug-likeness (QED) is 0.728. The van der Waals surface area contributed by atoms with Gasteiger partial charge in [0.1, 0.15) is 0 Å². The third-order valence-electron chi connectivity index (χ3n) is 1.92. The van der Waals surface area contributed by atoms with Gasteiger partial charge in [-0.1, -0.05) is 18.2 Å². The molecule has 0 amide bonds. The largest absolute Gasteiger partial charge is 0.279 e. The minimum Gasteiger partial charge on any atom is -0.279 e. The number of thioether (sulfide) groups is 1. The molecular weight excluding hydrogens is 180 g/mol. The zero-order valence-electron chi connectivity index (χ0n) is 7.36. The molecule has 0 bridgehead atoms. The van der Waals surface area contributed by atoms with Gasteiger partial charge in [-0.15, -0.1) is 0 Å². The molecule has 1 aliphatic rings. The van der Waals surface area contributed by atoms with Crippen molar-refractivity contribution in [2.24, 2.45) is 5.10 Å². The molecule has 0 unspecified atom stereocenters. The van der Waals surface area contributed by atoms with Crippen LogP contribution in [-0.2, 0) is 0 Å². The fourth-order valence-electron chi connectivity index (χ4n) is 1.20. The Labute approximate surface area is 82.4 Å². The van der Waals surface area contributed by atoms with E-state index in [2.05, 4.69) is 10.5 Å². The van der Waals surface area contributed by atoms with E-state index in [1.165, 1.54) is 11.5 Å². The summed E-state index contributed by atoms with van der Waals surface area (Å²) >= 11 is 1.95. The van der Waals surface area contributed by atoms with E-state index in [0.717, 1.165) is 17.9 Å². The molecule has 2 rings (SSSR count). The molecule has 1 aliphatic heterocycles. The van der Waals surface area contributed by atoms with Gasteiger partial charge in [-0.3, -0.25) is 5.43 Å². The number of anilines is 1. The molecule has 0 aliphatic carbocycles. The second-order valence-electron chi connectivity index (χ2n) is 2.96.